The lowest BCUT2D eigenvalue weighted by Crippen LogP contribution is -2.31. The summed E-state index contributed by atoms with van der Waals surface area (Å²) < 4.78 is 7.05. The third-order valence-corrected chi connectivity index (χ3v) is 4.46. The van der Waals surface area contributed by atoms with Gasteiger partial charge in [-0.1, -0.05) is 11.6 Å². The SMILES string of the molecule is COc1ccc(Cl)cc1C(=O)N1CCCn2nc([C@@H](O)CO)cc2C1. The first kappa shape index (κ1) is 17.7. The van der Waals surface area contributed by atoms with E-state index in [9.17, 15) is 9.90 Å². The van der Waals surface area contributed by atoms with E-state index in [1.165, 1.54) is 7.11 Å². The minimum Gasteiger partial charge on any atom is -0.496 e. The predicted molar refractivity (Wildman–Crippen MR) is 91.6 cm³/mol. The summed E-state index contributed by atoms with van der Waals surface area (Å²) in [5.41, 5.74) is 1.64. The van der Waals surface area contributed by atoms with E-state index in [1.54, 1.807) is 33.8 Å². The number of aromatic nitrogens is 2. The zero-order valence-corrected chi connectivity index (χ0v) is 14.6. The summed E-state index contributed by atoms with van der Waals surface area (Å²) in [6, 6.07) is 6.68. The lowest BCUT2D eigenvalue weighted by Gasteiger charge is -2.21. The first-order valence-electron chi connectivity index (χ1n) is 8.02. The maximum atomic E-state index is 13.0. The monoisotopic (exact) mass is 365 g/mol. The molecule has 0 aliphatic carbocycles. The molecule has 0 radical (unpaired) electrons. The number of methoxy groups -OCH3 is 1. The van der Waals surface area contributed by atoms with Crippen LogP contribution >= 0.6 is 11.6 Å². The Morgan fingerprint density at radius 2 is 2.20 bits per heavy atom. The highest BCUT2D eigenvalue weighted by atomic mass is 35.5. The summed E-state index contributed by atoms with van der Waals surface area (Å²) in [6.07, 6.45) is -0.283. The Kier molecular flexibility index (Phi) is 5.27. The van der Waals surface area contributed by atoms with Gasteiger partial charge in [-0.05, 0) is 30.7 Å². The number of ether oxygens (including phenoxy) is 1. The number of hydrogen-bond acceptors (Lipinski definition) is 5. The fourth-order valence-electron chi connectivity index (χ4n) is 2.93. The number of aliphatic hydroxyl groups is 2. The third kappa shape index (κ3) is 3.63. The molecular weight excluding hydrogens is 346 g/mol. The molecule has 134 valence electrons. The predicted octanol–water partition coefficient (Wildman–Crippen LogP) is 1.62. The number of benzene rings is 1. The Morgan fingerprint density at radius 1 is 1.40 bits per heavy atom. The highest BCUT2D eigenvalue weighted by Gasteiger charge is 2.25. The molecule has 0 unspecified atom stereocenters. The summed E-state index contributed by atoms with van der Waals surface area (Å²) >= 11 is 6.03. The van der Waals surface area contributed by atoms with Gasteiger partial charge in [0.1, 0.15) is 11.9 Å². The van der Waals surface area contributed by atoms with Gasteiger partial charge >= 0.3 is 0 Å². The standard InChI is InChI=1S/C17H20ClN3O4/c1-25-16-4-3-11(18)7-13(16)17(24)20-5-2-6-21-12(9-20)8-14(19-21)15(23)10-22/h3-4,7-8,15,22-23H,2,5-6,9-10H2,1H3/t15-/m0/s1. The second-order valence-electron chi connectivity index (χ2n) is 5.91. The van der Waals surface area contributed by atoms with Crippen LogP contribution in [0.4, 0.5) is 0 Å². The molecule has 2 heterocycles. The fraction of sp³-hybridized carbons (Fsp3) is 0.412. The maximum Gasteiger partial charge on any atom is 0.258 e. The van der Waals surface area contributed by atoms with Gasteiger partial charge in [0.25, 0.3) is 5.91 Å². The van der Waals surface area contributed by atoms with Gasteiger partial charge in [0, 0.05) is 18.1 Å². The molecule has 25 heavy (non-hydrogen) atoms. The molecule has 0 fully saturated rings. The Hall–Kier alpha value is -2.09. The Labute approximate surface area is 150 Å². The zero-order valence-electron chi connectivity index (χ0n) is 13.9. The number of nitrogens with zero attached hydrogens (tertiary/aromatic N) is 3. The summed E-state index contributed by atoms with van der Waals surface area (Å²) in [6.45, 7) is 1.19. The molecule has 2 N–H and O–H groups in total. The van der Waals surface area contributed by atoms with E-state index in [4.69, 9.17) is 21.4 Å². The molecule has 1 aliphatic rings. The summed E-state index contributed by atoms with van der Waals surface area (Å²) in [7, 11) is 1.51. The van der Waals surface area contributed by atoms with Crippen molar-refractivity contribution < 1.29 is 19.7 Å². The molecule has 1 amide bonds. The molecule has 1 aliphatic heterocycles. The van der Waals surface area contributed by atoms with Crippen molar-refractivity contribution in [3.8, 4) is 5.75 Å². The molecule has 2 aromatic rings. The molecular formula is C17H20ClN3O4. The van der Waals surface area contributed by atoms with Crippen LogP contribution in [0.15, 0.2) is 24.3 Å². The summed E-state index contributed by atoms with van der Waals surface area (Å²) in [4.78, 5) is 14.7. The third-order valence-electron chi connectivity index (χ3n) is 4.23. The molecule has 0 saturated heterocycles. The fourth-order valence-corrected chi connectivity index (χ4v) is 3.10. The highest BCUT2D eigenvalue weighted by molar-refractivity contribution is 6.31. The van der Waals surface area contributed by atoms with Crippen molar-refractivity contribution in [2.45, 2.75) is 25.6 Å². The smallest absolute Gasteiger partial charge is 0.258 e. The van der Waals surface area contributed by atoms with Crippen LogP contribution in [0.1, 0.15) is 34.3 Å². The maximum absolute atomic E-state index is 13.0. The average Bonchev–Trinajstić information content (AvgIpc) is 2.92. The minimum atomic E-state index is -1.02. The zero-order chi connectivity index (χ0) is 18.0. The van der Waals surface area contributed by atoms with Crippen molar-refractivity contribution in [3.63, 3.8) is 0 Å². The van der Waals surface area contributed by atoms with Gasteiger partial charge in [-0.2, -0.15) is 5.10 Å². The molecule has 3 rings (SSSR count). The second-order valence-corrected chi connectivity index (χ2v) is 6.34. The van der Waals surface area contributed by atoms with Gasteiger partial charge in [-0.15, -0.1) is 0 Å². The average molecular weight is 366 g/mol. The van der Waals surface area contributed by atoms with Gasteiger partial charge in [0.15, 0.2) is 0 Å². The second kappa shape index (κ2) is 7.43. The number of carbonyl (C=O) groups excluding carboxylic acids is 1. The van der Waals surface area contributed by atoms with E-state index in [2.05, 4.69) is 5.10 Å². The van der Waals surface area contributed by atoms with E-state index >= 15 is 0 Å². The molecule has 1 aromatic carbocycles. The summed E-state index contributed by atoms with van der Waals surface area (Å²) in [5, 5.41) is 23.6. The minimum absolute atomic E-state index is 0.168. The topological polar surface area (TPSA) is 87.8 Å². The van der Waals surface area contributed by atoms with Crippen molar-refractivity contribution in [1.29, 1.82) is 0 Å². The van der Waals surface area contributed by atoms with Crippen LogP contribution in [-0.4, -0.2) is 51.1 Å². The van der Waals surface area contributed by atoms with Crippen molar-refractivity contribution >= 4 is 17.5 Å². The van der Waals surface area contributed by atoms with Crippen molar-refractivity contribution in [3.05, 3.63) is 46.2 Å². The molecule has 7 nitrogen and oxygen atoms in total. The van der Waals surface area contributed by atoms with Crippen LogP contribution < -0.4 is 4.74 Å². The molecule has 1 atom stereocenters. The van der Waals surface area contributed by atoms with Crippen molar-refractivity contribution in [2.75, 3.05) is 20.3 Å². The number of amides is 1. The summed E-state index contributed by atoms with van der Waals surface area (Å²) in [5.74, 6) is 0.307. The molecule has 0 spiro atoms. The van der Waals surface area contributed by atoms with Crippen LogP contribution in [-0.2, 0) is 13.1 Å². The van der Waals surface area contributed by atoms with Gasteiger partial charge in [-0.3, -0.25) is 9.48 Å². The largest absolute Gasteiger partial charge is 0.496 e. The Bertz CT molecular complexity index is 777. The van der Waals surface area contributed by atoms with E-state index in [1.807, 2.05) is 0 Å². The number of fused-ring (bicyclic) bond motifs is 1. The molecule has 1 aromatic heterocycles. The Balaban J connectivity index is 1.87. The number of aryl methyl sites for hydroxylation is 1. The van der Waals surface area contributed by atoms with Gasteiger partial charge in [0.2, 0.25) is 0 Å². The molecule has 0 saturated carbocycles. The lowest BCUT2D eigenvalue weighted by atomic mass is 10.1. The normalized spacial score (nSPS) is 15.4. The van der Waals surface area contributed by atoms with E-state index in [0.717, 1.165) is 12.1 Å². The van der Waals surface area contributed by atoms with Crippen LogP contribution in [0, 0.1) is 0 Å². The lowest BCUT2D eigenvalue weighted by molar-refractivity contribution is 0.0742. The van der Waals surface area contributed by atoms with Crippen LogP contribution in [0.3, 0.4) is 0 Å². The van der Waals surface area contributed by atoms with Crippen LogP contribution in [0.2, 0.25) is 5.02 Å². The first-order valence-corrected chi connectivity index (χ1v) is 8.39. The number of hydrogen-bond donors (Lipinski definition) is 2. The molecule has 8 heteroatoms. The van der Waals surface area contributed by atoms with E-state index < -0.39 is 12.7 Å². The number of carbonyl (C=O) groups is 1. The quantitative estimate of drug-likeness (QED) is 0.859. The van der Waals surface area contributed by atoms with Crippen LogP contribution in [0.25, 0.3) is 0 Å². The van der Waals surface area contributed by atoms with Crippen molar-refractivity contribution in [2.24, 2.45) is 0 Å². The first-order chi connectivity index (χ1) is 12.0. The van der Waals surface area contributed by atoms with Gasteiger partial charge < -0.3 is 19.8 Å². The van der Waals surface area contributed by atoms with Gasteiger partial charge in [0.05, 0.1) is 37.2 Å². The van der Waals surface area contributed by atoms with E-state index in [0.29, 0.717) is 41.7 Å². The van der Waals surface area contributed by atoms with Gasteiger partial charge in [-0.25, -0.2) is 0 Å². The highest BCUT2D eigenvalue weighted by Crippen LogP contribution is 2.26. The number of halogens is 1. The number of rotatable bonds is 4. The van der Waals surface area contributed by atoms with Crippen LogP contribution in [0.5, 0.6) is 5.75 Å². The molecule has 0 bridgehead atoms. The Morgan fingerprint density at radius 3 is 2.92 bits per heavy atom. The van der Waals surface area contributed by atoms with Crippen molar-refractivity contribution in [1.82, 2.24) is 14.7 Å². The number of aliphatic hydroxyl groups excluding tert-OH is 2. The van der Waals surface area contributed by atoms with E-state index in [-0.39, 0.29) is 5.91 Å².